The van der Waals surface area contributed by atoms with Gasteiger partial charge < -0.3 is 0 Å². The van der Waals surface area contributed by atoms with Crippen molar-refractivity contribution in [3.63, 3.8) is 0 Å². The fourth-order valence-corrected chi connectivity index (χ4v) is 5.55. The van der Waals surface area contributed by atoms with Gasteiger partial charge in [-0.25, -0.2) is 4.39 Å². The lowest BCUT2D eigenvalue weighted by Gasteiger charge is -2.35. The van der Waals surface area contributed by atoms with Gasteiger partial charge in [0.2, 0.25) is 0 Å². The van der Waals surface area contributed by atoms with Crippen LogP contribution in [0.1, 0.15) is 102 Å². The summed E-state index contributed by atoms with van der Waals surface area (Å²) in [5.41, 5.74) is 0.999. The molecule has 0 bridgehead atoms. The van der Waals surface area contributed by atoms with Gasteiger partial charge in [0, 0.05) is 5.41 Å². The first-order valence-corrected chi connectivity index (χ1v) is 12.3. The molecule has 0 saturated heterocycles. The number of halogens is 1. The Hall–Kier alpha value is -1.37. The maximum atomic E-state index is 15.2. The van der Waals surface area contributed by atoms with Crippen LogP contribution in [0.15, 0.2) is 54.4 Å². The molecule has 0 aliphatic heterocycles. The number of hydrogen-bond donors (Lipinski definition) is 0. The standard InChI is InChI=1S/C28H41F/c1-3-5-9-19-28(20-17-24-15-13-23(10-4-2)14-16-24)21-18-26(27(29)22-28)25-11-7-6-8-12-25/h6-8,11-12,18,21-24,26H,3-5,9-10,13-17,19-20H2,1-2H3. The van der Waals surface area contributed by atoms with Crippen LogP contribution < -0.4 is 0 Å². The summed E-state index contributed by atoms with van der Waals surface area (Å²) in [6.45, 7) is 4.56. The van der Waals surface area contributed by atoms with Crippen LogP contribution >= 0.6 is 0 Å². The molecule has 2 unspecified atom stereocenters. The zero-order valence-corrected chi connectivity index (χ0v) is 18.7. The summed E-state index contributed by atoms with van der Waals surface area (Å²) in [6, 6.07) is 10.1. The van der Waals surface area contributed by atoms with E-state index < -0.39 is 0 Å². The first-order chi connectivity index (χ1) is 14.2. The van der Waals surface area contributed by atoms with Gasteiger partial charge in [-0.3, -0.25) is 0 Å². The van der Waals surface area contributed by atoms with Gasteiger partial charge in [-0.1, -0.05) is 114 Å². The third-order valence-electron chi connectivity index (χ3n) is 7.43. The highest BCUT2D eigenvalue weighted by atomic mass is 19.1. The molecule has 160 valence electrons. The quantitative estimate of drug-likeness (QED) is 0.273. The average molecular weight is 397 g/mol. The molecule has 1 heteroatoms. The molecule has 2 aliphatic carbocycles. The molecule has 0 amide bonds. The van der Waals surface area contributed by atoms with Crippen molar-refractivity contribution in [3.05, 3.63) is 60.0 Å². The lowest BCUT2D eigenvalue weighted by atomic mass is 9.70. The van der Waals surface area contributed by atoms with Crippen molar-refractivity contribution in [3.8, 4) is 0 Å². The molecule has 2 atom stereocenters. The number of allylic oxidation sites excluding steroid dienone is 4. The number of unbranched alkanes of at least 4 members (excludes halogenated alkanes) is 2. The van der Waals surface area contributed by atoms with Crippen LogP contribution in [0.4, 0.5) is 4.39 Å². The van der Waals surface area contributed by atoms with Gasteiger partial charge in [0.05, 0.1) is 5.92 Å². The Labute approximate surface area is 178 Å². The van der Waals surface area contributed by atoms with Crippen molar-refractivity contribution in [1.29, 1.82) is 0 Å². The van der Waals surface area contributed by atoms with Gasteiger partial charge in [-0.15, -0.1) is 0 Å². The van der Waals surface area contributed by atoms with E-state index in [0.29, 0.717) is 0 Å². The SMILES string of the molecule is CCCCCC1(CCC2CCC(CCC)CC2)C=CC(c2ccccc2)C(F)=C1. The predicted molar refractivity (Wildman–Crippen MR) is 124 cm³/mol. The fraction of sp³-hybridized carbons (Fsp3) is 0.643. The molecule has 0 nitrogen and oxygen atoms in total. The molecule has 0 aromatic heterocycles. The molecular weight excluding hydrogens is 355 g/mol. The molecular formula is C28H41F. The Morgan fingerprint density at radius 2 is 1.55 bits per heavy atom. The van der Waals surface area contributed by atoms with E-state index in [1.165, 1.54) is 64.2 Å². The van der Waals surface area contributed by atoms with Crippen LogP contribution in [0.2, 0.25) is 0 Å². The maximum Gasteiger partial charge on any atom is 0.108 e. The van der Waals surface area contributed by atoms with E-state index in [2.05, 4.69) is 26.0 Å². The Balaban J connectivity index is 1.64. The third-order valence-corrected chi connectivity index (χ3v) is 7.43. The van der Waals surface area contributed by atoms with Crippen molar-refractivity contribution in [2.45, 2.75) is 96.8 Å². The monoisotopic (exact) mass is 396 g/mol. The summed E-state index contributed by atoms with van der Waals surface area (Å²) < 4.78 is 15.2. The molecule has 0 heterocycles. The number of benzene rings is 1. The van der Waals surface area contributed by atoms with Gasteiger partial charge in [0.15, 0.2) is 0 Å². The van der Waals surface area contributed by atoms with E-state index in [-0.39, 0.29) is 17.2 Å². The molecule has 1 aromatic rings. The van der Waals surface area contributed by atoms with E-state index in [1.807, 2.05) is 36.4 Å². The van der Waals surface area contributed by atoms with Crippen LogP contribution in [-0.2, 0) is 0 Å². The molecule has 1 fully saturated rings. The average Bonchev–Trinajstić information content (AvgIpc) is 2.75. The van der Waals surface area contributed by atoms with Crippen molar-refractivity contribution < 1.29 is 4.39 Å². The van der Waals surface area contributed by atoms with Crippen LogP contribution in [-0.4, -0.2) is 0 Å². The van der Waals surface area contributed by atoms with E-state index in [1.54, 1.807) is 0 Å². The Kier molecular flexibility index (Phi) is 8.57. The summed E-state index contributed by atoms with van der Waals surface area (Å²) in [5.74, 6) is 1.68. The molecule has 29 heavy (non-hydrogen) atoms. The Bertz CT molecular complexity index is 650. The molecule has 0 spiro atoms. The summed E-state index contributed by atoms with van der Waals surface area (Å²) >= 11 is 0. The Morgan fingerprint density at radius 1 is 0.862 bits per heavy atom. The molecule has 3 rings (SSSR count). The normalized spacial score (nSPS) is 29.6. The second kappa shape index (κ2) is 11.1. The second-order valence-corrected chi connectivity index (χ2v) is 9.68. The van der Waals surface area contributed by atoms with Crippen molar-refractivity contribution in [1.82, 2.24) is 0 Å². The second-order valence-electron chi connectivity index (χ2n) is 9.68. The molecule has 1 aromatic carbocycles. The summed E-state index contributed by atoms with van der Waals surface area (Å²) in [5, 5.41) is 0. The highest BCUT2D eigenvalue weighted by Crippen LogP contribution is 2.45. The molecule has 1 saturated carbocycles. The molecule has 0 radical (unpaired) electrons. The largest absolute Gasteiger partial charge is 0.211 e. The zero-order chi connectivity index (χ0) is 20.5. The van der Waals surface area contributed by atoms with Crippen molar-refractivity contribution >= 4 is 0 Å². The Morgan fingerprint density at radius 3 is 2.17 bits per heavy atom. The van der Waals surface area contributed by atoms with Gasteiger partial charge >= 0.3 is 0 Å². The topological polar surface area (TPSA) is 0 Å². The summed E-state index contributed by atoms with van der Waals surface area (Å²) in [6.07, 6.45) is 22.0. The third kappa shape index (κ3) is 6.30. The minimum atomic E-state index is -0.194. The minimum Gasteiger partial charge on any atom is -0.211 e. The van der Waals surface area contributed by atoms with Gasteiger partial charge in [-0.05, 0) is 42.7 Å². The van der Waals surface area contributed by atoms with E-state index in [4.69, 9.17) is 0 Å². The number of rotatable bonds is 10. The molecule has 2 aliphatic rings. The summed E-state index contributed by atoms with van der Waals surface area (Å²) in [4.78, 5) is 0. The van der Waals surface area contributed by atoms with Crippen LogP contribution in [0.5, 0.6) is 0 Å². The maximum absolute atomic E-state index is 15.2. The smallest absolute Gasteiger partial charge is 0.108 e. The van der Waals surface area contributed by atoms with Gasteiger partial charge in [0.25, 0.3) is 0 Å². The zero-order valence-electron chi connectivity index (χ0n) is 18.7. The van der Waals surface area contributed by atoms with Crippen LogP contribution in [0.25, 0.3) is 0 Å². The highest BCUT2D eigenvalue weighted by molar-refractivity contribution is 5.37. The predicted octanol–water partition coefficient (Wildman–Crippen LogP) is 9.15. The van der Waals surface area contributed by atoms with Gasteiger partial charge in [-0.2, -0.15) is 0 Å². The van der Waals surface area contributed by atoms with Crippen LogP contribution in [0.3, 0.4) is 0 Å². The lowest BCUT2D eigenvalue weighted by Crippen LogP contribution is -2.23. The van der Waals surface area contributed by atoms with Crippen molar-refractivity contribution in [2.75, 3.05) is 0 Å². The highest BCUT2D eigenvalue weighted by Gasteiger charge is 2.32. The van der Waals surface area contributed by atoms with Crippen molar-refractivity contribution in [2.24, 2.45) is 17.3 Å². The minimum absolute atomic E-state index is 0.0573. The van der Waals surface area contributed by atoms with E-state index in [0.717, 1.165) is 30.2 Å². The van der Waals surface area contributed by atoms with Crippen LogP contribution in [0, 0.1) is 17.3 Å². The first-order valence-electron chi connectivity index (χ1n) is 12.3. The van der Waals surface area contributed by atoms with Gasteiger partial charge in [0.1, 0.15) is 5.83 Å². The molecule has 0 N–H and O–H groups in total. The number of hydrogen-bond acceptors (Lipinski definition) is 0. The first kappa shape index (κ1) is 22.3. The fourth-order valence-electron chi connectivity index (χ4n) is 5.55. The summed E-state index contributed by atoms with van der Waals surface area (Å²) in [7, 11) is 0. The van der Waals surface area contributed by atoms with E-state index >= 15 is 4.39 Å². The lowest BCUT2D eigenvalue weighted by molar-refractivity contribution is 0.229. The van der Waals surface area contributed by atoms with E-state index in [9.17, 15) is 0 Å².